The third-order valence-electron chi connectivity index (χ3n) is 0.997. The molecule has 0 atom stereocenters. The highest BCUT2D eigenvalue weighted by Gasteiger charge is 1.89. The molecule has 0 amide bonds. The second kappa shape index (κ2) is 6.05. The second-order valence-corrected chi connectivity index (χ2v) is 3.45. The molecule has 0 spiro atoms. The van der Waals surface area contributed by atoms with E-state index in [9.17, 15) is 0 Å². The van der Waals surface area contributed by atoms with Gasteiger partial charge in [-0.25, -0.2) is 0 Å². The van der Waals surface area contributed by atoms with Crippen LogP contribution in [-0.2, 0) is 0 Å². The van der Waals surface area contributed by atoms with Gasteiger partial charge in [-0.1, -0.05) is 49.2 Å². The van der Waals surface area contributed by atoms with Gasteiger partial charge in [-0.2, -0.15) is 0 Å². The van der Waals surface area contributed by atoms with Gasteiger partial charge in [0.25, 0.3) is 0 Å². The van der Waals surface area contributed by atoms with Crippen LogP contribution in [0.4, 0.5) is 0 Å². The third-order valence-corrected chi connectivity index (χ3v) is 1.85. The molecule has 11 heavy (non-hydrogen) atoms. The van der Waals surface area contributed by atoms with Gasteiger partial charge < -0.3 is 0 Å². The second-order valence-electron chi connectivity index (χ2n) is 2.08. The van der Waals surface area contributed by atoms with E-state index in [2.05, 4.69) is 13.2 Å². The van der Waals surface area contributed by atoms with E-state index in [1.165, 1.54) is 4.91 Å². The Balaban J connectivity index is 3.94. The maximum absolute atomic E-state index is 3.87. The molecule has 0 aromatic carbocycles. The SMILES string of the molecule is C=C/C=C(\C)SC(=C)/C=C\C. The van der Waals surface area contributed by atoms with E-state index in [1.54, 1.807) is 17.8 Å². The quantitative estimate of drug-likeness (QED) is 0.571. The monoisotopic (exact) mass is 166 g/mol. The molecule has 0 radical (unpaired) electrons. The highest BCUT2D eigenvalue weighted by atomic mass is 32.2. The van der Waals surface area contributed by atoms with Crippen molar-refractivity contribution in [3.63, 3.8) is 0 Å². The standard InChI is InChI=1S/C10H14S/c1-5-7-9(3)11-10(4)8-6-2/h5-8H,1,4H2,2-3H3/b8-6-,9-7+. The minimum Gasteiger partial charge on any atom is -0.0990 e. The Bertz CT molecular complexity index is 197. The summed E-state index contributed by atoms with van der Waals surface area (Å²) in [5, 5.41) is 0. The van der Waals surface area contributed by atoms with Crippen molar-refractivity contribution in [1.29, 1.82) is 0 Å². The first kappa shape index (κ1) is 10.3. The van der Waals surface area contributed by atoms with Gasteiger partial charge >= 0.3 is 0 Å². The summed E-state index contributed by atoms with van der Waals surface area (Å²) in [5.74, 6) is 0. The molecule has 0 bridgehead atoms. The van der Waals surface area contributed by atoms with Gasteiger partial charge in [0, 0.05) is 4.91 Å². The summed E-state index contributed by atoms with van der Waals surface area (Å²) in [6, 6.07) is 0. The van der Waals surface area contributed by atoms with E-state index < -0.39 is 0 Å². The molecule has 0 saturated carbocycles. The Labute approximate surface area is 73.4 Å². The van der Waals surface area contributed by atoms with Crippen LogP contribution in [0.5, 0.6) is 0 Å². The Kier molecular flexibility index (Phi) is 5.67. The Morgan fingerprint density at radius 3 is 2.55 bits per heavy atom. The van der Waals surface area contributed by atoms with Gasteiger partial charge in [-0.3, -0.25) is 0 Å². The number of rotatable bonds is 4. The van der Waals surface area contributed by atoms with Crippen LogP contribution in [0, 0.1) is 0 Å². The molecular formula is C10H14S. The summed E-state index contributed by atoms with van der Waals surface area (Å²) in [6.45, 7) is 11.5. The summed E-state index contributed by atoms with van der Waals surface area (Å²) in [6.07, 6.45) is 7.73. The van der Waals surface area contributed by atoms with Crippen LogP contribution in [0.1, 0.15) is 13.8 Å². The first-order valence-electron chi connectivity index (χ1n) is 3.49. The number of hydrogen-bond donors (Lipinski definition) is 0. The number of allylic oxidation sites excluding steroid dienone is 5. The summed E-state index contributed by atoms with van der Waals surface area (Å²) in [5.41, 5.74) is 0. The van der Waals surface area contributed by atoms with Gasteiger partial charge in [-0.05, 0) is 18.8 Å². The predicted octanol–water partition coefficient (Wildman–Crippen LogP) is 3.90. The van der Waals surface area contributed by atoms with E-state index in [-0.39, 0.29) is 0 Å². The minimum atomic E-state index is 1.06. The van der Waals surface area contributed by atoms with Crippen molar-refractivity contribution >= 4 is 11.8 Å². The zero-order valence-corrected chi connectivity index (χ0v) is 7.95. The maximum atomic E-state index is 3.87. The van der Waals surface area contributed by atoms with Gasteiger partial charge in [0.1, 0.15) is 0 Å². The molecule has 0 aromatic heterocycles. The topological polar surface area (TPSA) is 0 Å². The molecule has 0 N–H and O–H groups in total. The minimum absolute atomic E-state index is 1.06. The molecule has 0 unspecified atom stereocenters. The van der Waals surface area contributed by atoms with Crippen LogP contribution in [0.15, 0.2) is 47.3 Å². The smallest absolute Gasteiger partial charge is 0.00433 e. The van der Waals surface area contributed by atoms with Crippen molar-refractivity contribution < 1.29 is 0 Å². The lowest BCUT2D eigenvalue weighted by molar-refractivity contribution is 1.67. The van der Waals surface area contributed by atoms with Crippen LogP contribution in [0.25, 0.3) is 0 Å². The van der Waals surface area contributed by atoms with Crippen molar-refractivity contribution in [3.05, 3.63) is 47.3 Å². The summed E-state index contributed by atoms with van der Waals surface area (Å²) in [4.78, 5) is 2.27. The van der Waals surface area contributed by atoms with Crippen LogP contribution in [0.3, 0.4) is 0 Å². The van der Waals surface area contributed by atoms with Gasteiger partial charge in [0.2, 0.25) is 0 Å². The van der Waals surface area contributed by atoms with Crippen LogP contribution in [0.2, 0.25) is 0 Å². The highest BCUT2D eigenvalue weighted by molar-refractivity contribution is 8.06. The van der Waals surface area contributed by atoms with Gasteiger partial charge in [0.15, 0.2) is 0 Å². The normalized spacial score (nSPS) is 12.0. The fourth-order valence-corrected chi connectivity index (χ4v) is 1.41. The fraction of sp³-hybridized carbons (Fsp3) is 0.200. The molecule has 0 nitrogen and oxygen atoms in total. The average molecular weight is 166 g/mol. The molecule has 1 heteroatoms. The van der Waals surface area contributed by atoms with Crippen molar-refractivity contribution in [2.24, 2.45) is 0 Å². The molecule has 0 aliphatic carbocycles. The van der Waals surface area contributed by atoms with E-state index >= 15 is 0 Å². The maximum Gasteiger partial charge on any atom is 0.00433 e. The average Bonchev–Trinajstić information content (AvgIpc) is 1.87. The predicted molar refractivity (Wildman–Crippen MR) is 55.5 cm³/mol. The molecular weight excluding hydrogens is 152 g/mol. The van der Waals surface area contributed by atoms with E-state index in [4.69, 9.17) is 0 Å². The van der Waals surface area contributed by atoms with Gasteiger partial charge in [0.05, 0.1) is 0 Å². The van der Waals surface area contributed by atoms with Gasteiger partial charge in [-0.15, -0.1) is 0 Å². The molecule has 0 saturated heterocycles. The lowest BCUT2D eigenvalue weighted by atomic mass is 10.5. The Hall–Kier alpha value is -0.690. The van der Waals surface area contributed by atoms with Crippen LogP contribution in [-0.4, -0.2) is 0 Å². The Morgan fingerprint density at radius 1 is 1.45 bits per heavy atom. The highest BCUT2D eigenvalue weighted by Crippen LogP contribution is 2.23. The lowest BCUT2D eigenvalue weighted by Gasteiger charge is -1.97. The zero-order valence-electron chi connectivity index (χ0n) is 7.13. The van der Waals surface area contributed by atoms with Crippen molar-refractivity contribution in [1.82, 2.24) is 0 Å². The molecule has 0 aliphatic heterocycles. The van der Waals surface area contributed by atoms with Crippen molar-refractivity contribution in [3.8, 4) is 0 Å². The summed E-state index contributed by atoms with van der Waals surface area (Å²) in [7, 11) is 0. The third kappa shape index (κ3) is 5.74. The summed E-state index contributed by atoms with van der Waals surface area (Å²) < 4.78 is 0. The molecule has 0 fully saturated rings. The van der Waals surface area contributed by atoms with Crippen molar-refractivity contribution in [2.45, 2.75) is 13.8 Å². The molecule has 0 heterocycles. The fourth-order valence-electron chi connectivity index (χ4n) is 0.627. The number of hydrogen-bond acceptors (Lipinski definition) is 1. The largest absolute Gasteiger partial charge is 0.0990 e. The zero-order chi connectivity index (χ0) is 8.69. The van der Waals surface area contributed by atoms with E-state index in [0.29, 0.717) is 0 Å². The first-order valence-corrected chi connectivity index (χ1v) is 4.31. The number of thioether (sulfide) groups is 1. The summed E-state index contributed by atoms with van der Waals surface area (Å²) >= 11 is 1.66. The molecule has 60 valence electrons. The molecule has 0 rings (SSSR count). The van der Waals surface area contributed by atoms with E-state index in [1.807, 2.05) is 32.1 Å². The molecule has 0 aromatic rings. The van der Waals surface area contributed by atoms with Crippen LogP contribution < -0.4 is 0 Å². The van der Waals surface area contributed by atoms with Crippen molar-refractivity contribution in [2.75, 3.05) is 0 Å². The first-order chi connectivity index (χ1) is 5.20. The van der Waals surface area contributed by atoms with Crippen LogP contribution >= 0.6 is 11.8 Å². The van der Waals surface area contributed by atoms with E-state index in [0.717, 1.165) is 4.91 Å². The Morgan fingerprint density at radius 2 is 2.09 bits per heavy atom. The lowest BCUT2D eigenvalue weighted by Crippen LogP contribution is -1.67. The molecule has 0 aliphatic rings.